The van der Waals surface area contributed by atoms with Crippen molar-refractivity contribution in [2.45, 2.75) is 0 Å². The Kier molecular flexibility index (Phi) is 2.08. The molecule has 0 saturated carbocycles. The summed E-state index contributed by atoms with van der Waals surface area (Å²) in [6.07, 6.45) is 0. The van der Waals surface area contributed by atoms with Crippen LogP contribution in [0, 0.1) is 17.9 Å². The van der Waals surface area contributed by atoms with Gasteiger partial charge in [-0.05, 0) is 23.6 Å². The third kappa shape index (κ3) is 1.22. The van der Waals surface area contributed by atoms with Gasteiger partial charge in [0.1, 0.15) is 6.07 Å². The third-order valence-electron chi connectivity index (χ3n) is 3.25. The van der Waals surface area contributed by atoms with Crippen molar-refractivity contribution >= 4 is 27.5 Å². The lowest BCUT2D eigenvalue weighted by molar-refractivity contribution is 1.01. The topological polar surface area (TPSA) is 33.1 Å². The molecule has 0 aliphatic heterocycles. The van der Waals surface area contributed by atoms with Crippen LogP contribution in [0.2, 0.25) is 0 Å². The fraction of sp³-hybridized carbons (Fsp3) is 0.0667. The summed E-state index contributed by atoms with van der Waals surface area (Å²) in [5.41, 5.74) is 3.25. The minimum atomic E-state index is 0.623. The molecular weight excluding hydrogens is 222 g/mol. The van der Waals surface area contributed by atoms with E-state index in [4.69, 9.17) is 6.57 Å². The molecule has 1 heterocycles. The van der Waals surface area contributed by atoms with E-state index in [0.717, 1.165) is 21.8 Å². The second-order valence-corrected chi connectivity index (χ2v) is 4.19. The van der Waals surface area contributed by atoms with Gasteiger partial charge in [-0.25, -0.2) is 4.85 Å². The minimum Gasteiger partial charge on any atom is -0.343 e. The Morgan fingerprint density at radius 2 is 2.06 bits per heavy atom. The summed E-state index contributed by atoms with van der Waals surface area (Å²) in [4.78, 5) is 3.46. The molecule has 0 atom stereocenters. The Labute approximate surface area is 104 Å². The summed E-state index contributed by atoms with van der Waals surface area (Å²) >= 11 is 0. The SMILES string of the molecule is [C-]#[N+]c1ccc2c(c1)c1cccc(C#N)c1n2C. The molecule has 0 spiro atoms. The standard InChI is InChI=1S/C15H9N3/c1-17-11-6-7-14-13(8-11)12-5-3-4-10(9-16)15(12)18(14)2/h3-8H,2H3. The second kappa shape index (κ2) is 3.61. The molecule has 84 valence electrons. The fourth-order valence-electron chi connectivity index (χ4n) is 2.43. The van der Waals surface area contributed by atoms with E-state index in [2.05, 4.69) is 10.9 Å². The monoisotopic (exact) mass is 231 g/mol. The predicted octanol–water partition coefficient (Wildman–Crippen LogP) is 3.75. The summed E-state index contributed by atoms with van der Waals surface area (Å²) < 4.78 is 2.01. The van der Waals surface area contributed by atoms with E-state index in [1.807, 2.05) is 41.9 Å². The van der Waals surface area contributed by atoms with Crippen LogP contribution in [0.1, 0.15) is 5.56 Å². The first kappa shape index (κ1) is 10.4. The van der Waals surface area contributed by atoms with E-state index in [-0.39, 0.29) is 0 Å². The number of hydrogen-bond donors (Lipinski definition) is 0. The zero-order valence-electron chi connectivity index (χ0n) is 9.81. The molecule has 0 aliphatic carbocycles. The number of aryl methyl sites for hydroxylation is 1. The molecule has 3 rings (SSSR count). The number of hydrogen-bond acceptors (Lipinski definition) is 1. The molecule has 0 radical (unpaired) electrons. The number of para-hydroxylation sites is 1. The fourth-order valence-corrected chi connectivity index (χ4v) is 2.43. The highest BCUT2D eigenvalue weighted by Crippen LogP contribution is 2.32. The van der Waals surface area contributed by atoms with E-state index in [1.54, 1.807) is 6.07 Å². The summed E-state index contributed by atoms with van der Waals surface area (Å²) in [6, 6.07) is 13.5. The highest BCUT2D eigenvalue weighted by Gasteiger charge is 2.11. The van der Waals surface area contributed by atoms with Gasteiger partial charge in [-0.2, -0.15) is 5.26 Å². The maximum Gasteiger partial charge on any atom is 0.188 e. The van der Waals surface area contributed by atoms with Gasteiger partial charge in [-0.15, -0.1) is 0 Å². The second-order valence-electron chi connectivity index (χ2n) is 4.19. The van der Waals surface area contributed by atoms with Gasteiger partial charge in [0.25, 0.3) is 0 Å². The van der Waals surface area contributed by atoms with Crippen molar-refractivity contribution < 1.29 is 0 Å². The Hall–Kier alpha value is -2.78. The Morgan fingerprint density at radius 3 is 2.78 bits per heavy atom. The van der Waals surface area contributed by atoms with Gasteiger partial charge in [0.2, 0.25) is 0 Å². The van der Waals surface area contributed by atoms with Gasteiger partial charge < -0.3 is 4.57 Å². The Bertz CT molecular complexity index is 857. The van der Waals surface area contributed by atoms with Gasteiger partial charge in [-0.1, -0.05) is 18.2 Å². The lowest BCUT2D eigenvalue weighted by atomic mass is 10.1. The van der Waals surface area contributed by atoms with Crippen LogP contribution in [0.15, 0.2) is 36.4 Å². The first-order valence-corrected chi connectivity index (χ1v) is 5.55. The molecule has 0 unspecified atom stereocenters. The molecule has 0 N–H and O–H groups in total. The van der Waals surface area contributed by atoms with Crippen LogP contribution in [-0.4, -0.2) is 4.57 Å². The first-order valence-electron chi connectivity index (χ1n) is 5.55. The van der Waals surface area contributed by atoms with Gasteiger partial charge in [0.05, 0.1) is 17.7 Å². The maximum absolute atomic E-state index is 9.17. The highest BCUT2D eigenvalue weighted by atomic mass is 14.9. The smallest absolute Gasteiger partial charge is 0.188 e. The van der Waals surface area contributed by atoms with E-state index >= 15 is 0 Å². The molecular formula is C15H9N3. The van der Waals surface area contributed by atoms with Crippen LogP contribution >= 0.6 is 0 Å². The van der Waals surface area contributed by atoms with Crippen LogP contribution < -0.4 is 0 Å². The Morgan fingerprint density at radius 1 is 1.22 bits per heavy atom. The van der Waals surface area contributed by atoms with Crippen LogP contribution in [-0.2, 0) is 7.05 Å². The first-order chi connectivity index (χ1) is 8.76. The van der Waals surface area contributed by atoms with Crippen molar-refractivity contribution in [2.75, 3.05) is 0 Å². The molecule has 0 amide bonds. The number of fused-ring (bicyclic) bond motifs is 3. The van der Waals surface area contributed by atoms with Crippen LogP contribution in [0.5, 0.6) is 0 Å². The quantitative estimate of drug-likeness (QED) is 0.542. The maximum atomic E-state index is 9.17. The molecule has 3 nitrogen and oxygen atoms in total. The summed E-state index contributed by atoms with van der Waals surface area (Å²) in [5, 5.41) is 11.2. The average molecular weight is 231 g/mol. The summed E-state index contributed by atoms with van der Waals surface area (Å²) in [7, 11) is 1.95. The van der Waals surface area contributed by atoms with E-state index < -0.39 is 0 Å². The predicted molar refractivity (Wildman–Crippen MR) is 71.4 cm³/mol. The molecule has 3 heteroatoms. The van der Waals surface area contributed by atoms with Crippen molar-refractivity contribution in [1.29, 1.82) is 5.26 Å². The number of aromatic nitrogens is 1. The zero-order valence-corrected chi connectivity index (χ0v) is 9.81. The lowest BCUT2D eigenvalue weighted by Gasteiger charge is -1.99. The Balaban J connectivity index is 2.60. The van der Waals surface area contributed by atoms with Crippen LogP contribution in [0.25, 0.3) is 26.7 Å². The molecule has 0 fully saturated rings. The van der Waals surface area contributed by atoms with E-state index in [1.165, 1.54) is 0 Å². The average Bonchev–Trinajstić information content (AvgIpc) is 2.72. The minimum absolute atomic E-state index is 0.623. The molecule has 2 aromatic carbocycles. The highest BCUT2D eigenvalue weighted by molar-refractivity contribution is 6.10. The number of rotatable bonds is 0. The summed E-state index contributed by atoms with van der Waals surface area (Å²) in [5.74, 6) is 0. The molecule has 0 saturated heterocycles. The number of nitriles is 1. The van der Waals surface area contributed by atoms with E-state index in [0.29, 0.717) is 11.3 Å². The van der Waals surface area contributed by atoms with Crippen LogP contribution in [0.3, 0.4) is 0 Å². The molecule has 0 bridgehead atoms. The normalized spacial score (nSPS) is 10.4. The molecule has 0 aliphatic rings. The van der Waals surface area contributed by atoms with Gasteiger partial charge >= 0.3 is 0 Å². The van der Waals surface area contributed by atoms with Crippen LogP contribution in [0.4, 0.5) is 5.69 Å². The molecule has 18 heavy (non-hydrogen) atoms. The number of benzene rings is 2. The van der Waals surface area contributed by atoms with Crippen molar-refractivity contribution in [3.05, 3.63) is 53.4 Å². The van der Waals surface area contributed by atoms with Crippen molar-refractivity contribution in [2.24, 2.45) is 7.05 Å². The third-order valence-corrected chi connectivity index (χ3v) is 3.25. The van der Waals surface area contributed by atoms with Gasteiger partial charge in [0.15, 0.2) is 5.69 Å². The number of nitrogens with zero attached hydrogens (tertiary/aromatic N) is 3. The summed E-state index contributed by atoms with van der Waals surface area (Å²) in [6.45, 7) is 7.08. The van der Waals surface area contributed by atoms with E-state index in [9.17, 15) is 5.26 Å². The van der Waals surface area contributed by atoms with Gasteiger partial charge in [0, 0.05) is 18.0 Å². The van der Waals surface area contributed by atoms with Crippen molar-refractivity contribution in [3.8, 4) is 6.07 Å². The lowest BCUT2D eigenvalue weighted by Crippen LogP contribution is -1.89. The zero-order chi connectivity index (χ0) is 12.7. The van der Waals surface area contributed by atoms with Crippen molar-refractivity contribution in [1.82, 2.24) is 4.57 Å². The largest absolute Gasteiger partial charge is 0.343 e. The molecule has 3 aromatic rings. The molecule has 1 aromatic heterocycles. The van der Waals surface area contributed by atoms with Gasteiger partial charge in [-0.3, -0.25) is 0 Å². The van der Waals surface area contributed by atoms with Crippen molar-refractivity contribution in [3.63, 3.8) is 0 Å².